The second-order valence-electron chi connectivity index (χ2n) is 5.31. The Kier molecular flexibility index (Phi) is 5.42. The van der Waals surface area contributed by atoms with Gasteiger partial charge in [-0.05, 0) is 12.1 Å². The minimum Gasteiger partial charge on any atom is -0.485 e. The van der Waals surface area contributed by atoms with E-state index < -0.39 is 18.0 Å². The molecular formula is C16H17N5O4S. The Morgan fingerprint density at radius 2 is 2.15 bits per heavy atom. The predicted molar refractivity (Wildman–Crippen MR) is 94.0 cm³/mol. The van der Waals surface area contributed by atoms with Crippen LogP contribution in [0.1, 0.15) is 11.9 Å². The molecule has 2 aromatic rings. The number of urea groups is 1. The van der Waals surface area contributed by atoms with E-state index in [4.69, 9.17) is 15.2 Å². The number of para-hydroxylation sites is 2. The molecule has 26 heavy (non-hydrogen) atoms. The Morgan fingerprint density at radius 3 is 2.88 bits per heavy atom. The van der Waals surface area contributed by atoms with Crippen molar-refractivity contribution >= 4 is 23.7 Å². The Balaban J connectivity index is 1.76. The summed E-state index contributed by atoms with van der Waals surface area (Å²) in [4.78, 5) is 22.3. The predicted octanol–water partition coefficient (Wildman–Crippen LogP) is 1.26. The molecule has 3 rings (SSSR count). The summed E-state index contributed by atoms with van der Waals surface area (Å²) in [7, 11) is 0. The zero-order chi connectivity index (χ0) is 18.5. The molecule has 3 amide bonds. The number of thioether (sulfide) groups is 1. The summed E-state index contributed by atoms with van der Waals surface area (Å²) in [6.45, 7) is 4.46. The Labute approximate surface area is 153 Å². The second-order valence-corrected chi connectivity index (χ2v) is 6.25. The minimum atomic E-state index is -0.893. The smallest absolute Gasteiger partial charge is 0.318 e. The van der Waals surface area contributed by atoms with Crippen molar-refractivity contribution in [3.05, 3.63) is 42.7 Å². The number of hydrogen-bond acceptors (Lipinski definition) is 7. The topological polar surface area (TPSA) is 121 Å². The summed E-state index contributed by atoms with van der Waals surface area (Å²) >= 11 is 1.13. The Bertz CT molecular complexity index is 838. The molecule has 1 aromatic carbocycles. The number of imide groups is 1. The Hall–Kier alpha value is -3.01. The van der Waals surface area contributed by atoms with Crippen LogP contribution in [-0.4, -0.2) is 39.1 Å². The molecule has 0 saturated carbocycles. The van der Waals surface area contributed by atoms with E-state index in [0.717, 1.165) is 11.8 Å². The van der Waals surface area contributed by atoms with E-state index in [1.165, 1.54) is 0 Å². The molecule has 0 fully saturated rings. The van der Waals surface area contributed by atoms with Crippen molar-refractivity contribution in [2.24, 2.45) is 5.73 Å². The van der Waals surface area contributed by atoms with Gasteiger partial charge in [-0.1, -0.05) is 30.0 Å². The van der Waals surface area contributed by atoms with Gasteiger partial charge in [0.2, 0.25) is 5.91 Å². The van der Waals surface area contributed by atoms with Crippen LogP contribution in [0.4, 0.5) is 4.79 Å². The van der Waals surface area contributed by atoms with E-state index in [2.05, 4.69) is 16.8 Å². The average molecular weight is 375 g/mol. The van der Waals surface area contributed by atoms with Crippen molar-refractivity contribution in [3.8, 4) is 11.5 Å². The number of aromatic nitrogens is 3. The van der Waals surface area contributed by atoms with Crippen LogP contribution in [0.3, 0.4) is 0 Å². The molecule has 3 N–H and O–H groups in total. The molecule has 0 radical (unpaired) electrons. The van der Waals surface area contributed by atoms with Crippen molar-refractivity contribution in [1.82, 2.24) is 20.1 Å². The van der Waals surface area contributed by atoms with Crippen LogP contribution >= 0.6 is 11.8 Å². The molecule has 1 aliphatic rings. The van der Waals surface area contributed by atoms with Gasteiger partial charge in [-0.2, -0.15) is 0 Å². The number of ether oxygens (including phenoxy) is 2. The van der Waals surface area contributed by atoms with Crippen LogP contribution in [0.25, 0.3) is 0 Å². The molecule has 0 aliphatic carbocycles. The maximum Gasteiger partial charge on any atom is 0.318 e. The summed E-state index contributed by atoms with van der Waals surface area (Å²) in [5.41, 5.74) is 4.92. The maximum atomic E-state index is 11.6. The van der Waals surface area contributed by atoms with Gasteiger partial charge >= 0.3 is 6.03 Å². The van der Waals surface area contributed by atoms with Crippen LogP contribution in [0.2, 0.25) is 0 Å². The largest absolute Gasteiger partial charge is 0.485 e. The number of nitrogens with one attached hydrogen (secondary N) is 1. The molecular weight excluding hydrogens is 358 g/mol. The lowest BCUT2D eigenvalue weighted by molar-refractivity contribution is -0.117. The number of nitrogens with two attached hydrogens (primary N) is 1. The lowest BCUT2D eigenvalue weighted by Crippen LogP contribution is -2.36. The Morgan fingerprint density at radius 1 is 1.38 bits per heavy atom. The number of hydrogen-bond donors (Lipinski definition) is 2. The van der Waals surface area contributed by atoms with E-state index >= 15 is 0 Å². The number of benzene rings is 1. The summed E-state index contributed by atoms with van der Waals surface area (Å²) in [6.07, 6.45) is 1.25. The molecule has 1 unspecified atom stereocenters. The number of allylic oxidation sites excluding steroid dienone is 1. The zero-order valence-corrected chi connectivity index (χ0v) is 14.6. The van der Waals surface area contributed by atoms with E-state index in [-0.39, 0.29) is 5.75 Å². The van der Waals surface area contributed by atoms with Crippen molar-refractivity contribution in [2.75, 3.05) is 12.4 Å². The standard InChI is InChI=1S/C16H17N5O4S/c1-2-7-21-14(12-8-24-10-5-3-4-6-11(10)25-12)19-20-16(21)26-9-13(22)18-15(17)23/h2-6,12H,1,7-9H2,(H3,17,18,22,23). The number of carbonyl (C=O) groups is 2. The zero-order valence-electron chi connectivity index (χ0n) is 13.8. The van der Waals surface area contributed by atoms with Crippen molar-refractivity contribution < 1.29 is 19.1 Å². The molecule has 1 aliphatic heterocycles. The first-order valence-electron chi connectivity index (χ1n) is 7.73. The number of rotatable bonds is 6. The number of carbonyl (C=O) groups excluding carboxylic acids is 2. The first kappa shape index (κ1) is 17.8. The van der Waals surface area contributed by atoms with Crippen LogP contribution in [-0.2, 0) is 11.3 Å². The fourth-order valence-corrected chi connectivity index (χ4v) is 3.15. The SMILES string of the molecule is C=CCn1c(SCC(=O)NC(N)=O)nnc1C1COc2ccccc2O1. The van der Waals surface area contributed by atoms with E-state index in [1.54, 1.807) is 10.6 Å². The van der Waals surface area contributed by atoms with E-state index in [0.29, 0.717) is 35.6 Å². The van der Waals surface area contributed by atoms with Gasteiger partial charge < -0.3 is 15.2 Å². The molecule has 0 bridgehead atoms. The van der Waals surface area contributed by atoms with Crippen LogP contribution in [0.15, 0.2) is 42.1 Å². The normalized spacial score (nSPS) is 15.3. The van der Waals surface area contributed by atoms with Gasteiger partial charge in [-0.25, -0.2) is 4.79 Å². The highest BCUT2D eigenvalue weighted by Gasteiger charge is 2.28. The highest BCUT2D eigenvalue weighted by atomic mass is 32.2. The van der Waals surface area contributed by atoms with Gasteiger partial charge in [0.05, 0.1) is 5.75 Å². The van der Waals surface area contributed by atoms with Crippen LogP contribution in [0.5, 0.6) is 11.5 Å². The van der Waals surface area contributed by atoms with Gasteiger partial charge in [-0.15, -0.1) is 16.8 Å². The molecule has 0 spiro atoms. The molecule has 9 nitrogen and oxygen atoms in total. The first-order valence-corrected chi connectivity index (χ1v) is 8.71. The lowest BCUT2D eigenvalue weighted by Gasteiger charge is -2.26. The molecule has 1 atom stereocenters. The van der Waals surface area contributed by atoms with Crippen LogP contribution < -0.4 is 20.5 Å². The van der Waals surface area contributed by atoms with Gasteiger partial charge in [0.25, 0.3) is 0 Å². The van der Waals surface area contributed by atoms with Gasteiger partial charge in [0.15, 0.2) is 28.6 Å². The summed E-state index contributed by atoms with van der Waals surface area (Å²) in [5.74, 6) is 1.34. The van der Waals surface area contributed by atoms with E-state index in [9.17, 15) is 9.59 Å². The highest BCUT2D eigenvalue weighted by Crippen LogP contribution is 2.36. The first-order chi connectivity index (χ1) is 12.6. The summed E-state index contributed by atoms with van der Waals surface area (Å²) < 4.78 is 13.5. The molecule has 0 saturated heterocycles. The third-order valence-electron chi connectivity index (χ3n) is 3.45. The monoisotopic (exact) mass is 375 g/mol. The average Bonchev–Trinajstić information content (AvgIpc) is 3.02. The van der Waals surface area contributed by atoms with Crippen molar-refractivity contribution in [3.63, 3.8) is 0 Å². The highest BCUT2D eigenvalue weighted by molar-refractivity contribution is 7.99. The number of amides is 3. The third-order valence-corrected chi connectivity index (χ3v) is 4.42. The van der Waals surface area contributed by atoms with E-state index in [1.807, 2.05) is 29.6 Å². The molecule has 10 heteroatoms. The van der Waals surface area contributed by atoms with Crippen molar-refractivity contribution in [2.45, 2.75) is 17.8 Å². The number of primary amides is 1. The lowest BCUT2D eigenvalue weighted by atomic mass is 10.2. The molecule has 2 heterocycles. The maximum absolute atomic E-state index is 11.6. The number of nitrogens with zero attached hydrogens (tertiary/aromatic N) is 3. The quantitative estimate of drug-likeness (QED) is 0.576. The fraction of sp³-hybridized carbons (Fsp3) is 0.250. The third kappa shape index (κ3) is 3.97. The second kappa shape index (κ2) is 7.91. The fourth-order valence-electron chi connectivity index (χ4n) is 2.40. The number of fused-ring (bicyclic) bond motifs is 1. The molecule has 136 valence electrons. The minimum absolute atomic E-state index is 0.0247. The summed E-state index contributed by atoms with van der Waals surface area (Å²) in [5, 5.41) is 10.8. The van der Waals surface area contributed by atoms with Gasteiger partial charge in [0.1, 0.15) is 6.61 Å². The van der Waals surface area contributed by atoms with Gasteiger partial charge in [0, 0.05) is 6.54 Å². The van der Waals surface area contributed by atoms with Crippen LogP contribution in [0, 0.1) is 0 Å². The molecule has 1 aromatic heterocycles. The van der Waals surface area contributed by atoms with Crippen molar-refractivity contribution in [1.29, 1.82) is 0 Å². The summed E-state index contributed by atoms with van der Waals surface area (Å²) in [6, 6.07) is 6.49. The van der Waals surface area contributed by atoms with Gasteiger partial charge in [-0.3, -0.25) is 14.7 Å².